The molecule has 0 unspecified atom stereocenters. The van der Waals surface area contributed by atoms with Crippen LogP contribution in [0.3, 0.4) is 0 Å². The number of hydrogen-bond acceptors (Lipinski definition) is 5. The van der Waals surface area contributed by atoms with E-state index in [-0.39, 0.29) is 24.3 Å². The minimum Gasteiger partial charge on any atom is -0.490 e. The number of carbonyl (C=O) groups excluding carboxylic acids is 2. The fourth-order valence-corrected chi connectivity index (χ4v) is 4.09. The van der Waals surface area contributed by atoms with E-state index in [1.165, 1.54) is 6.08 Å². The van der Waals surface area contributed by atoms with Crippen LogP contribution < -0.4 is 9.47 Å². The Labute approximate surface area is 189 Å². The molecule has 0 atom stereocenters. The topological polar surface area (TPSA) is 55.8 Å². The molecular weight excluding hydrogens is 445 g/mol. The smallest absolute Gasteiger partial charge is 0.293 e. The van der Waals surface area contributed by atoms with E-state index in [0.717, 1.165) is 22.2 Å². The molecule has 2 aromatic carbocycles. The first kappa shape index (κ1) is 22.3. The Morgan fingerprint density at radius 2 is 1.90 bits per heavy atom. The first-order valence-electron chi connectivity index (χ1n) is 9.13. The minimum absolute atomic E-state index is 0.168. The molecule has 5 nitrogen and oxygen atoms in total. The zero-order valence-corrected chi connectivity index (χ0v) is 18.5. The van der Waals surface area contributed by atoms with Gasteiger partial charge in [-0.25, -0.2) is 0 Å². The SMILES string of the molecule is C=CCN1C(=O)S/C(=C/c2cc(Cl)c(OCc3ccccc3Cl)c(OCC)c2)C1=O. The third-order valence-corrected chi connectivity index (χ3v) is 5.70. The lowest BCUT2D eigenvalue weighted by Gasteiger charge is -2.15. The molecule has 2 aromatic rings. The van der Waals surface area contributed by atoms with Crippen LogP contribution in [0, 0.1) is 0 Å². The third kappa shape index (κ3) is 5.01. The summed E-state index contributed by atoms with van der Waals surface area (Å²) in [5.41, 5.74) is 1.44. The van der Waals surface area contributed by atoms with Gasteiger partial charge in [0.2, 0.25) is 0 Å². The molecule has 1 aliphatic heterocycles. The number of amides is 2. The van der Waals surface area contributed by atoms with Crippen molar-refractivity contribution in [1.29, 1.82) is 0 Å². The highest BCUT2D eigenvalue weighted by atomic mass is 35.5. The largest absolute Gasteiger partial charge is 0.490 e. The normalized spacial score (nSPS) is 15.0. The zero-order valence-electron chi connectivity index (χ0n) is 16.2. The lowest BCUT2D eigenvalue weighted by molar-refractivity contribution is -0.122. The average molecular weight is 464 g/mol. The van der Waals surface area contributed by atoms with Gasteiger partial charge in [-0.3, -0.25) is 14.5 Å². The van der Waals surface area contributed by atoms with Crippen molar-refractivity contribution in [2.75, 3.05) is 13.2 Å². The predicted molar refractivity (Wildman–Crippen MR) is 121 cm³/mol. The molecule has 1 saturated heterocycles. The summed E-state index contributed by atoms with van der Waals surface area (Å²) >= 11 is 13.5. The number of hydrogen-bond donors (Lipinski definition) is 0. The average Bonchev–Trinajstić information content (AvgIpc) is 2.96. The summed E-state index contributed by atoms with van der Waals surface area (Å²) in [6.07, 6.45) is 3.12. The lowest BCUT2D eigenvalue weighted by Crippen LogP contribution is -2.27. The first-order valence-corrected chi connectivity index (χ1v) is 10.7. The van der Waals surface area contributed by atoms with Crippen molar-refractivity contribution < 1.29 is 19.1 Å². The van der Waals surface area contributed by atoms with E-state index in [1.54, 1.807) is 24.3 Å². The van der Waals surface area contributed by atoms with Crippen molar-refractivity contribution in [3.8, 4) is 11.5 Å². The van der Waals surface area contributed by atoms with Gasteiger partial charge in [-0.2, -0.15) is 0 Å². The molecule has 8 heteroatoms. The van der Waals surface area contributed by atoms with Crippen LogP contribution in [0.4, 0.5) is 4.79 Å². The van der Waals surface area contributed by atoms with Crippen LogP contribution in [0.25, 0.3) is 6.08 Å². The molecule has 1 aliphatic rings. The number of halogens is 2. The van der Waals surface area contributed by atoms with Crippen LogP contribution in [0.1, 0.15) is 18.1 Å². The molecule has 30 heavy (non-hydrogen) atoms. The van der Waals surface area contributed by atoms with Gasteiger partial charge < -0.3 is 9.47 Å². The van der Waals surface area contributed by atoms with Crippen molar-refractivity contribution in [3.05, 3.63) is 75.1 Å². The van der Waals surface area contributed by atoms with Gasteiger partial charge in [-0.05, 0) is 48.5 Å². The van der Waals surface area contributed by atoms with Gasteiger partial charge in [0.1, 0.15) is 6.61 Å². The van der Waals surface area contributed by atoms with Crippen molar-refractivity contribution >= 4 is 52.2 Å². The van der Waals surface area contributed by atoms with Crippen molar-refractivity contribution in [2.45, 2.75) is 13.5 Å². The second kappa shape index (κ2) is 10.1. The summed E-state index contributed by atoms with van der Waals surface area (Å²) in [4.78, 5) is 25.9. The summed E-state index contributed by atoms with van der Waals surface area (Å²) in [6.45, 7) is 6.21. The van der Waals surface area contributed by atoms with Crippen LogP contribution in [-0.4, -0.2) is 29.2 Å². The molecule has 0 N–H and O–H groups in total. The molecule has 0 aromatic heterocycles. The van der Waals surface area contributed by atoms with Crippen molar-refractivity contribution in [1.82, 2.24) is 4.90 Å². The van der Waals surface area contributed by atoms with E-state index in [1.807, 2.05) is 25.1 Å². The molecule has 1 heterocycles. The molecule has 0 radical (unpaired) electrons. The van der Waals surface area contributed by atoms with Crippen LogP contribution in [0.15, 0.2) is 54.0 Å². The van der Waals surface area contributed by atoms with Gasteiger partial charge in [-0.15, -0.1) is 6.58 Å². The standard InChI is InChI=1S/C22H19Cl2NO4S/c1-3-9-25-21(26)19(30-22(25)27)12-14-10-17(24)20(18(11-14)28-4-2)29-13-15-7-5-6-8-16(15)23/h3,5-8,10-12H,1,4,9,13H2,2H3/b19-12+. The van der Waals surface area contributed by atoms with Gasteiger partial charge in [-0.1, -0.05) is 47.5 Å². The number of thioether (sulfide) groups is 1. The second-order valence-electron chi connectivity index (χ2n) is 6.22. The van der Waals surface area contributed by atoms with Gasteiger partial charge in [0.05, 0.1) is 16.5 Å². The molecular formula is C22H19Cl2NO4S. The Bertz CT molecular complexity index is 1020. The van der Waals surface area contributed by atoms with Crippen LogP contribution in [0.2, 0.25) is 10.0 Å². The van der Waals surface area contributed by atoms with Crippen molar-refractivity contribution in [2.24, 2.45) is 0 Å². The second-order valence-corrected chi connectivity index (χ2v) is 8.03. The molecule has 1 fully saturated rings. The molecule has 0 bridgehead atoms. The van der Waals surface area contributed by atoms with Crippen molar-refractivity contribution in [3.63, 3.8) is 0 Å². The minimum atomic E-state index is -0.363. The predicted octanol–water partition coefficient (Wildman–Crippen LogP) is 6.19. The van der Waals surface area contributed by atoms with E-state index < -0.39 is 0 Å². The van der Waals surface area contributed by atoms with E-state index in [4.69, 9.17) is 32.7 Å². The molecule has 2 amide bonds. The highest BCUT2D eigenvalue weighted by Crippen LogP contribution is 2.39. The van der Waals surface area contributed by atoms with Crippen LogP contribution in [-0.2, 0) is 11.4 Å². The fourth-order valence-electron chi connectivity index (χ4n) is 2.78. The van der Waals surface area contributed by atoms with Gasteiger partial charge in [0, 0.05) is 17.1 Å². The fraction of sp³-hybridized carbons (Fsp3) is 0.182. The molecule has 0 saturated carbocycles. The van der Waals surface area contributed by atoms with Crippen LogP contribution in [0.5, 0.6) is 11.5 Å². The summed E-state index contributed by atoms with van der Waals surface area (Å²) in [7, 11) is 0. The third-order valence-electron chi connectivity index (χ3n) is 4.14. The summed E-state index contributed by atoms with van der Waals surface area (Å²) < 4.78 is 11.6. The summed E-state index contributed by atoms with van der Waals surface area (Å²) in [5, 5.41) is 0.588. The Kier molecular flexibility index (Phi) is 7.48. The maximum absolute atomic E-state index is 12.4. The number of ether oxygens (including phenoxy) is 2. The van der Waals surface area contributed by atoms with Gasteiger partial charge in [0.15, 0.2) is 11.5 Å². The lowest BCUT2D eigenvalue weighted by atomic mass is 10.1. The molecule has 0 spiro atoms. The van der Waals surface area contributed by atoms with E-state index in [2.05, 4.69) is 6.58 Å². The summed E-state index contributed by atoms with van der Waals surface area (Å²) in [6, 6.07) is 10.7. The zero-order chi connectivity index (χ0) is 21.7. The van der Waals surface area contributed by atoms with E-state index in [9.17, 15) is 9.59 Å². The highest BCUT2D eigenvalue weighted by Gasteiger charge is 2.34. The monoisotopic (exact) mass is 463 g/mol. The first-order chi connectivity index (χ1) is 14.4. The molecule has 3 rings (SSSR count). The number of nitrogens with zero attached hydrogens (tertiary/aromatic N) is 1. The summed E-state index contributed by atoms with van der Waals surface area (Å²) in [5.74, 6) is 0.460. The number of carbonyl (C=O) groups is 2. The van der Waals surface area contributed by atoms with Gasteiger partial charge >= 0.3 is 0 Å². The number of rotatable bonds is 8. The molecule has 156 valence electrons. The number of imide groups is 1. The van der Waals surface area contributed by atoms with Gasteiger partial charge in [0.25, 0.3) is 11.1 Å². The van der Waals surface area contributed by atoms with E-state index >= 15 is 0 Å². The highest BCUT2D eigenvalue weighted by molar-refractivity contribution is 8.18. The Hall–Kier alpha value is -2.41. The Morgan fingerprint density at radius 1 is 1.13 bits per heavy atom. The Morgan fingerprint density at radius 3 is 2.60 bits per heavy atom. The number of benzene rings is 2. The maximum atomic E-state index is 12.4. The Balaban J connectivity index is 1.88. The van der Waals surface area contributed by atoms with E-state index in [0.29, 0.717) is 38.6 Å². The maximum Gasteiger partial charge on any atom is 0.293 e. The molecule has 0 aliphatic carbocycles. The quantitative estimate of drug-likeness (QED) is 0.344. The van der Waals surface area contributed by atoms with Crippen LogP contribution >= 0.6 is 35.0 Å².